The van der Waals surface area contributed by atoms with E-state index in [1.807, 2.05) is 0 Å². The second-order valence-electron chi connectivity index (χ2n) is 3.12. The van der Waals surface area contributed by atoms with E-state index in [2.05, 4.69) is 20.8 Å². The number of hydrogen-bond donors (Lipinski definition) is 0. The third kappa shape index (κ3) is 1.03. The molecule has 1 unspecified atom stereocenters. The van der Waals surface area contributed by atoms with E-state index in [9.17, 15) is 0 Å². The van der Waals surface area contributed by atoms with Crippen molar-refractivity contribution in [3.63, 3.8) is 0 Å². The first-order valence-corrected chi connectivity index (χ1v) is 4.66. The standard InChI is InChI=1S/C7H12BrN/c8-6-4-7-2-1-3-9(7)5-6/h6-7H,1-5H2/t6-,7?/m1/s1. The van der Waals surface area contributed by atoms with Crippen molar-refractivity contribution in [3.05, 3.63) is 0 Å². The maximum absolute atomic E-state index is 3.65. The Morgan fingerprint density at radius 2 is 2.33 bits per heavy atom. The predicted octanol–water partition coefficient (Wildman–Crippen LogP) is 1.62. The molecule has 0 spiro atoms. The van der Waals surface area contributed by atoms with Gasteiger partial charge in [-0.3, -0.25) is 4.90 Å². The molecule has 2 heterocycles. The highest BCUT2D eigenvalue weighted by atomic mass is 79.9. The Morgan fingerprint density at radius 3 is 3.11 bits per heavy atom. The average Bonchev–Trinajstić information content (AvgIpc) is 2.22. The molecule has 0 aliphatic carbocycles. The molecule has 2 atom stereocenters. The topological polar surface area (TPSA) is 3.24 Å². The van der Waals surface area contributed by atoms with Gasteiger partial charge in [0.2, 0.25) is 0 Å². The monoisotopic (exact) mass is 189 g/mol. The molecule has 0 bridgehead atoms. The minimum absolute atomic E-state index is 0.794. The molecule has 2 aliphatic heterocycles. The molecule has 2 rings (SSSR count). The Bertz CT molecular complexity index is 103. The second kappa shape index (κ2) is 2.24. The van der Waals surface area contributed by atoms with Gasteiger partial charge in [0.1, 0.15) is 0 Å². The van der Waals surface area contributed by atoms with E-state index >= 15 is 0 Å². The zero-order chi connectivity index (χ0) is 6.27. The summed E-state index contributed by atoms with van der Waals surface area (Å²) < 4.78 is 0. The van der Waals surface area contributed by atoms with Crippen molar-refractivity contribution in [2.24, 2.45) is 0 Å². The van der Waals surface area contributed by atoms with Crippen LogP contribution in [0.25, 0.3) is 0 Å². The van der Waals surface area contributed by atoms with Gasteiger partial charge in [-0.25, -0.2) is 0 Å². The van der Waals surface area contributed by atoms with E-state index < -0.39 is 0 Å². The van der Waals surface area contributed by atoms with Crippen LogP contribution in [0.2, 0.25) is 0 Å². The summed E-state index contributed by atoms with van der Waals surface area (Å²) in [4.78, 5) is 3.40. The van der Waals surface area contributed by atoms with Crippen LogP contribution in [0.4, 0.5) is 0 Å². The summed E-state index contributed by atoms with van der Waals surface area (Å²) in [6.07, 6.45) is 4.27. The lowest BCUT2D eigenvalue weighted by Crippen LogP contribution is -2.22. The third-order valence-electron chi connectivity index (χ3n) is 2.46. The number of alkyl halides is 1. The molecule has 0 amide bonds. The Kier molecular flexibility index (Phi) is 1.54. The van der Waals surface area contributed by atoms with Crippen LogP contribution in [0.3, 0.4) is 0 Å². The van der Waals surface area contributed by atoms with Crippen molar-refractivity contribution in [2.75, 3.05) is 13.1 Å². The molecule has 0 N–H and O–H groups in total. The fourth-order valence-electron chi connectivity index (χ4n) is 2.03. The zero-order valence-corrected chi connectivity index (χ0v) is 7.10. The van der Waals surface area contributed by atoms with Gasteiger partial charge in [0.15, 0.2) is 0 Å². The largest absolute Gasteiger partial charge is 0.299 e. The fourth-order valence-corrected chi connectivity index (χ4v) is 2.83. The summed E-state index contributed by atoms with van der Waals surface area (Å²) in [7, 11) is 0. The summed E-state index contributed by atoms with van der Waals surface area (Å²) in [6, 6.07) is 0.939. The number of halogens is 1. The van der Waals surface area contributed by atoms with Crippen LogP contribution in [-0.4, -0.2) is 28.9 Å². The van der Waals surface area contributed by atoms with E-state index in [-0.39, 0.29) is 0 Å². The molecule has 0 aromatic rings. The van der Waals surface area contributed by atoms with E-state index in [0.29, 0.717) is 0 Å². The minimum atomic E-state index is 0.794. The summed E-state index contributed by atoms with van der Waals surface area (Å²) >= 11 is 3.65. The van der Waals surface area contributed by atoms with Gasteiger partial charge in [-0.1, -0.05) is 15.9 Å². The van der Waals surface area contributed by atoms with Gasteiger partial charge in [-0.2, -0.15) is 0 Å². The highest BCUT2D eigenvalue weighted by Crippen LogP contribution is 2.30. The smallest absolute Gasteiger partial charge is 0.0288 e. The van der Waals surface area contributed by atoms with Gasteiger partial charge in [0.05, 0.1) is 0 Å². The lowest BCUT2D eigenvalue weighted by molar-refractivity contribution is 0.325. The van der Waals surface area contributed by atoms with E-state index in [0.717, 1.165) is 10.9 Å². The molecule has 2 fully saturated rings. The van der Waals surface area contributed by atoms with Gasteiger partial charge < -0.3 is 0 Å². The normalized spacial score (nSPS) is 43.7. The van der Waals surface area contributed by atoms with Crippen molar-refractivity contribution >= 4 is 15.9 Å². The first kappa shape index (κ1) is 6.17. The molecular formula is C7H12BrN. The predicted molar refractivity (Wildman–Crippen MR) is 41.9 cm³/mol. The second-order valence-corrected chi connectivity index (χ2v) is 4.42. The van der Waals surface area contributed by atoms with Crippen molar-refractivity contribution in [2.45, 2.75) is 30.1 Å². The van der Waals surface area contributed by atoms with Crippen LogP contribution in [0.5, 0.6) is 0 Å². The quantitative estimate of drug-likeness (QED) is 0.524. The molecule has 0 radical (unpaired) electrons. The number of nitrogens with zero attached hydrogens (tertiary/aromatic N) is 1. The van der Waals surface area contributed by atoms with Crippen LogP contribution in [-0.2, 0) is 0 Å². The van der Waals surface area contributed by atoms with Gasteiger partial charge in [0, 0.05) is 17.4 Å². The van der Waals surface area contributed by atoms with Crippen molar-refractivity contribution in [3.8, 4) is 0 Å². The van der Waals surface area contributed by atoms with Gasteiger partial charge in [-0.15, -0.1) is 0 Å². The first-order valence-electron chi connectivity index (χ1n) is 3.74. The molecule has 52 valence electrons. The highest BCUT2D eigenvalue weighted by molar-refractivity contribution is 9.09. The van der Waals surface area contributed by atoms with Gasteiger partial charge >= 0.3 is 0 Å². The van der Waals surface area contributed by atoms with E-state index in [1.54, 1.807) is 0 Å². The molecule has 2 aliphatic rings. The van der Waals surface area contributed by atoms with Crippen molar-refractivity contribution in [1.29, 1.82) is 0 Å². The van der Waals surface area contributed by atoms with Crippen LogP contribution >= 0.6 is 15.9 Å². The Labute approximate surface area is 64.5 Å². The Hall–Kier alpha value is 0.440. The molecule has 9 heavy (non-hydrogen) atoms. The molecular weight excluding hydrogens is 178 g/mol. The van der Waals surface area contributed by atoms with Gasteiger partial charge in [-0.05, 0) is 25.8 Å². The van der Waals surface area contributed by atoms with E-state index in [1.165, 1.54) is 32.4 Å². The van der Waals surface area contributed by atoms with E-state index in [4.69, 9.17) is 0 Å². The van der Waals surface area contributed by atoms with Crippen LogP contribution in [0.1, 0.15) is 19.3 Å². The Morgan fingerprint density at radius 1 is 1.44 bits per heavy atom. The summed E-state index contributed by atoms with van der Waals surface area (Å²) in [6.45, 7) is 2.65. The number of fused-ring (bicyclic) bond motifs is 1. The molecule has 0 aromatic heterocycles. The molecule has 0 saturated carbocycles. The van der Waals surface area contributed by atoms with Crippen molar-refractivity contribution in [1.82, 2.24) is 4.90 Å². The molecule has 2 saturated heterocycles. The van der Waals surface area contributed by atoms with Gasteiger partial charge in [0.25, 0.3) is 0 Å². The maximum atomic E-state index is 3.65. The summed E-state index contributed by atoms with van der Waals surface area (Å²) in [5.41, 5.74) is 0. The van der Waals surface area contributed by atoms with Crippen molar-refractivity contribution < 1.29 is 0 Å². The maximum Gasteiger partial charge on any atom is 0.0288 e. The highest BCUT2D eigenvalue weighted by Gasteiger charge is 2.33. The fraction of sp³-hybridized carbons (Fsp3) is 1.00. The van der Waals surface area contributed by atoms with Crippen LogP contribution < -0.4 is 0 Å². The summed E-state index contributed by atoms with van der Waals surface area (Å²) in [5, 5.41) is 0. The van der Waals surface area contributed by atoms with Crippen LogP contribution in [0.15, 0.2) is 0 Å². The molecule has 0 aromatic carbocycles. The number of rotatable bonds is 0. The zero-order valence-electron chi connectivity index (χ0n) is 5.52. The first-order chi connectivity index (χ1) is 4.36. The molecule has 2 heteroatoms. The lowest BCUT2D eigenvalue weighted by Gasteiger charge is -2.11. The lowest BCUT2D eigenvalue weighted by atomic mass is 10.2. The average molecular weight is 190 g/mol. The summed E-state index contributed by atoms with van der Waals surface area (Å²) in [5.74, 6) is 0. The van der Waals surface area contributed by atoms with Crippen LogP contribution in [0, 0.1) is 0 Å². The minimum Gasteiger partial charge on any atom is -0.299 e. The SMILES string of the molecule is Br[C@@H]1CC2CCCN2C1. The number of hydrogen-bond acceptors (Lipinski definition) is 1. The molecule has 1 nitrogen and oxygen atoms in total. The third-order valence-corrected chi connectivity index (χ3v) is 3.12. The Balaban J connectivity index is 2.02.